The van der Waals surface area contributed by atoms with Gasteiger partial charge in [-0.2, -0.15) is 0 Å². The zero-order valence-electron chi connectivity index (χ0n) is 12.5. The maximum Gasteiger partial charge on any atom is 0.341 e. The number of carbonyl (C=O) groups excluding carboxylic acids is 1. The van der Waals surface area contributed by atoms with E-state index in [0.717, 1.165) is 18.4 Å². The smallest absolute Gasteiger partial charge is 0.341 e. The van der Waals surface area contributed by atoms with Crippen LogP contribution in [0.5, 0.6) is 0 Å². The van der Waals surface area contributed by atoms with Crippen LogP contribution in [0.3, 0.4) is 0 Å². The average Bonchev–Trinajstić information content (AvgIpc) is 2.43. The standard InChI is InChI=1S/C15H21ClN2O3/c1-9-4-12(19)5-10(2)18(9)8-11-6-13(15(20)21-3)14(16)17-7-11/h6-7,9-10,12,19H,4-5,8H2,1-3H3/t9-,10-/m0/s1. The van der Waals surface area contributed by atoms with Crippen LogP contribution in [0.25, 0.3) is 0 Å². The number of rotatable bonds is 3. The van der Waals surface area contributed by atoms with Gasteiger partial charge in [-0.3, -0.25) is 4.90 Å². The van der Waals surface area contributed by atoms with Crippen LogP contribution in [-0.2, 0) is 11.3 Å². The monoisotopic (exact) mass is 312 g/mol. The maximum absolute atomic E-state index is 11.7. The Balaban J connectivity index is 2.17. The van der Waals surface area contributed by atoms with Gasteiger partial charge in [0.1, 0.15) is 5.15 Å². The van der Waals surface area contributed by atoms with E-state index >= 15 is 0 Å². The average molecular weight is 313 g/mol. The molecule has 21 heavy (non-hydrogen) atoms. The first-order chi connectivity index (χ1) is 9.92. The van der Waals surface area contributed by atoms with E-state index in [4.69, 9.17) is 16.3 Å². The fourth-order valence-corrected chi connectivity index (χ4v) is 3.12. The normalized spacial score (nSPS) is 26.6. The number of hydrogen-bond donors (Lipinski definition) is 1. The van der Waals surface area contributed by atoms with E-state index in [2.05, 4.69) is 23.7 Å². The van der Waals surface area contributed by atoms with Gasteiger partial charge in [-0.1, -0.05) is 11.6 Å². The number of ether oxygens (including phenoxy) is 1. The number of esters is 1. The number of piperidine rings is 1. The lowest BCUT2D eigenvalue weighted by Crippen LogP contribution is -2.47. The third-order valence-corrected chi connectivity index (χ3v) is 4.33. The van der Waals surface area contributed by atoms with E-state index in [9.17, 15) is 9.90 Å². The molecule has 2 atom stereocenters. The minimum absolute atomic E-state index is 0.153. The molecule has 1 aliphatic heterocycles. The van der Waals surface area contributed by atoms with Crippen molar-refractivity contribution in [1.82, 2.24) is 9.88 Å². The lowest BCUT2D eigenvalue weighted by Gasteiger charge is -2.41. The molecule has 2 heterocycles. The molecular formula is C15H21ClN2O3. The Morgan fingerprint density at radius 3 is 2.67 bits per heavy atom. The van der Waals surface area contributed by atoms with E-state index in [-0.39, 0.29) is 28.9 Å². The second kappa shape index (κ2) is 6.73. The first-order valence-corrected chi connectivity index (χ1v) is 7.46. The number of methoxy groups -OCH3 is 1. The zero-order chi connectivity index (χ0) is 15.6. The number of hydrogen-bond acceptors (Lipinski definition) is 5. The third kappa shape index (κ3) is 3.73. The van der Waals surface area contributed by atoms with Crippen molar-refractivity contribution in [3.8, 4) is 0 Å². The lowest BCUT2D eigenvalue weighted by molar-refractivity contribution is 0.00858. The van der Waals surface area contributed by atoms with Gasteiger partial charge in [0, 0.05) is 24.8 Å². The predicted octanol–water partition coefficient (Wildman–Crippen LogP) is 2.26. The molecule has 0 unspecified atom stereocenters. The van der Waals surface area contributed by atoms with Gasteiger partial charge in [-0.05, 0) is 38.3 Å². The number of aromatic nitrogens is 1. The summed E-state index contributed by atoms with van der Waals surface area (Å²) < 4.78 is 4.71. The molecule has 0 spiro atoms. The van der Waals surface area contributed by atoms with Crippen molar-refractivity contribution >= 4 is 17.6 Å². The number of carbonyl (C=O) groups is 1. The SMILES string of the molecule is COC(=O)c1cc(CN2[C@@H](C)CC(O)C[C@@H]2C)cnc1Cl. The molecule has 1 aliphatic rings. The molecule has 0 radical (unpaired) electrons. The number of pyridine rings is 1. The Bertz CT molecular complexity index is 512. The Hall–Kier alpha value is -1.17. The topological polar surface area (TPSA) is 62.7 Å². The van der Waals surface area contributed by atoms with Crippen LogP contribution in [0, 0.1) is 0 Å². The maximum atomic E-state index is 11.7. The lowest BCUT2D eigenvalue weighted by atomic mass is 9.94. The van der Waals surface area contributed by atoms with Gasteiger partial charge in [0.15, 0.2) is 0 Å². The molecule has 1 N–H and O–H groups in total. The van der Waals surface area contributed by atoms with E-state index in [1.807, 2.05) is 0 Å². The van der Waals surface area contributed by atoms with Gasteiger partial charge in [0.2, 0.25) is 0 Å². The van der Waals surface area contributed by atoms with Crippen LogP contribution in [0.2, 0.25) is 5.15 Å². The summed E-state index contributed by atoms with van der Waals surface area (Å²) in [7, 11) is 1.32. The molecular weight excluding hydrogens is 292 g/mol. The quantitative estimate of drug-likeness (QED) is 0.685. The Morgan fingerprint density at radius 1 is 1.48 bits per heavy atom. The van der Waals surface area contributed by atoms with Crippen molar-refractivity contribution in [1.29, 1.82) is 0 Å². The first kappa shape index (κ1) is 16.2. The van der Waals surface area contributed by atoms with Crippen molar-refractivity contribution in [2.75, 3.05) is 7.11 Å². The van der Waals surface area contributed by atoms with E-state index in [1.54, 1.807) is 12.3 Å². The van der Waals surface area contributed by atoms with Crippen molar-refractivity contribution < 1.29 is 14.6 Å². The van der Waals surface area contributed by atoms with Crippen molar-refractivity contribution in [3.63, 3.8) is 0 Å². The minimum Gasteiger partial charge on any atom is -0.465 e. The van der Waals surface area contributed by atoms with Gasteiger partial charge in [-0.15, -0.1) is 0 Å². The van der Waals surface area contributed by atoms with Crippen LogP contribution in [-0.4, -0.2) is 46.3 Å². The van der Waals surface area contributed by atoms with Crippen LogP contribution in [0.4, 0.5) is 0 Å². The number of aliphatic hydroxyl groups is 1. The fraction of sp³-hybridized carbons (Fsp3) is 0.600. The Kier molecular flexibility index (Phi) is 5.19. The van der Waals surface area contributed by atoms with Crippen LogP contribution >= 0.6 is 11.6 Å². The van der Waals surface area contributed by atoms with Crippen molar-refractivity contribution in [2.24, 2.45) is 0 Å². The molecule has 1 aromatic rings. The Morgan fingerprint density at radius 2 is 2.10 bits per heavy atom. The highest BCUT2D eigenvalue weighted by atomic mass is 35.5. The van der Waals surface area contributed by atoms with Gasteiger partial charge >= 0.3 is 5.97 Å². The minimum atomic E-state index is -0.482. The summed E-state index contributed by atoms with van der Waals surface area (Å²) in [4.78, 5) is 18.0. The van der Waals surface area contributed by atoms with Gasteiger partial charge in [0.05, 0.1) is 18.8 Å². The Labute approximate surface area is 129 Å². The zero-order valence-corrected chi connectivity index (χ0v) is 13.3. The van der Waals surface area contributed by atoms with Crippen molar-refractivity contribution in [3.05, 3.63) is 28.5 Å². The van der Waals surface area contributed by atoms with Crippen molar-refractivity contribution in [2.45, 2.75) is 51.4 Å². The second-order valence-electron chi connectivity index (χ2n) is 5.67. The number of likely N-dealkylation sites (tertiary alicyclic amines) is 1. The van der Waals surface area contributed by atoms with Gasteiger partial charge < -0.3 is 9.84 Å². The summed E-state index contributed by atoms with van der Waals surface area (Å²) in [5.74, 6) is -0.482. The molecule has 2 rings (SSSR count). The fourth-order valence-electron chi connectivity index (χ4n) is 2.94. The molecule has 0 amide bonds. The van der Waals surface area contributed by atoms with E-state index in [1.165, 1.54) is 7.11 Å². The molecule has 1 saturated heterocycles. The van der Waals surface area contributed by atoms with Crippen LogP contribution in [0.1, 0.15) is 42.6 Å². The van der Waals surface area contributed by atoms with E-state index < -0.39 is 5.97 Å². The summed E-state index contributed by atoms with van der Waals surface area (Å²) in [5, 5.41) is 9.95. The van der Waals surface area contributed by atoms with Crippen LogP contribution < -0.4 is 0 Å². The molecule has 5 nitrogen and oxygen atoms in total. The molecule has 1 aromatic heterocycles. The highest BCUT2D eigenvalue weighted by Gasteiger charge is 2.30. The number of aliphatic hydroxyl groups excluding tert-OH is 1. The first-order valence-electron chi connectivity index (χ1n) is 7.09. The van der Waals surface area contributed by atoms with E-state index in [0.29, 0.717) is 6.54 Å². The molecule has 116 valence electrons. The summed E-state index contributed by atoms with van der Waals surface area (Å²) in [6, 6.07) is 2.29. The summed E-state index contributed by atoms with van der Waals surface area (Å²) in [6.45, 7) is 4.87. The highest BCUT2D eigenvalue weighted by Crippen LogP contribution is 2.26. The largest absolute Gasteiger partial charge is 0.465 e. The third-order valence-electron chi connectivity index (χ3n) is 4.02. The summed E-state index contributed by atoms with van der Waals surface area (Å²) in [6.07, 6.45) is 2.96. The molecule has 6 heteroatoms. The molecule has 0 bridgehead atoms. The van der Waals surface area contributed by atoms with Crippen LogP contribution in [0.15, 0.2) is 12.3 Å². The molecule has 0 saturated carbocycles. The molecule has 0 aromatic carbocycles. The van der Waals surface area contributed by atoms with Gasteiger partial charge in [0.25, 0.3) is 0 Å². The predicted molar refractivity (Wildman–Crippen MR) is 80.3 cm³/mol. The summed E-state index contributed by atoms with van der Waals surface area (Å²) in [5.41, 5.74) is 1.20. The molecule has 0 aliphatic carbocycles. The number of halogens is 1. The highest BCUT2D eigenvalue weighted by molar-refractivity contribution is 6.32. The molecule has 1 fully saturated rings. The number of nitrogens with zero attached hydrogens (tertiary/aromatic N) is 2. The second-order valence-corrected chi connectivity index (χ2v) is 6.03. The van der Waals surface area contributed by atoms with Gasteiger partial charge in [-0.25, -0.2) is 9.78 Å². The summed E-state index contributed by atoms with van der Waals surface area (Å²) >= 11 is 5.93.